The first-order valence-electron chi connectivity index (χ1n) is 7.25. The molecular formula is C15H16ClN5O. The molecule has 2 aromatic heterocycles. The van der Waals surface area contributed by atoms with E-state index in [4.69, 9.17) is 21.9 Å². The van der Waals surface area contributed by atoms with E-state index in [1.807, 2.05) is 13.8 Å². The molecule has 0 bridgehead atoms. The number of hydrogen-bond donors (Lipinski definition) is 0. The van der Waals surface area contributed by atoms with Crippen LogP contribution in [0.25, 0.3) is 21.2 Å². The van der Waals surface area contributed by atoms with Crippen LogP contribution in [0.5, 0.6) is 5.88 Å². The number of fused-ring (bicyclic) bond motifs is 1. The fourth-order valence-corrected chi connectivity index (χ4v) is 2.52. The summed E-state index contributed by atoms with van der Waals surface area (Å²) in [7, 11) is 0. The third-order valence-corrected chi connectivity index (χ3v) is 4.25. The first-order chi connectivity index (χ1) is 10.6. The lowest BCUT2D eigenvalue weighted by atomic mass is 9.88. The monoisotopic (exact) mass is 317 g/mol. The molecule has 3 rings (SSSR count). The van der Waals surface area contributed by atoms with E-state index in [9.17, 15) is 0 Å². The minimum absolute atomic E-state index is 0.243. The van der Waals surface area contributed by atoms with Gasteiger partial charge in [0.05, 0.1) is 10.9 Å². The largest absolute Gasteiger partial charge is 0.474 e. The normalized spacial score (nSPS) is 16.9. The molecule has 1 aliphatic rings. The summed E-state index contributed by atoms with van der Waals surface area (Å²) >= 11 is 6.06. The molecule has 0 spiro atoms. The maximum Gasteiger partial charge on any atom is 0.223 e. The topological polar surface area (TPSA) is 83.8 Å². The summed E-state index contributed by atoms with van der Waals surface area (Å²) in [6.45, 7) is 3.86. The van der Waals surface area contributed by atoms with E-state index >= 15 is 0 Å². The molecule has 1 atom stereocenters. The minimum Gasteiger partial charge on any atom is -0.474 e. The van der Waals surface area contributed by atoms with Gasteiger partial charge in [-0.1, -0.05) is 23.6 Å². The van der Waals surface area contributed by atoms with E-state index < -0.39 is 5.54 Å². The van der Waals surface area contributed by atoms with Crippen molar-refractivity contribution < 1.29 is 4.74 Å². The minimum atomic E-state index is -0.692. The summed E-state index contributed by atoms with van der Waals surface area (Å²) < 4.78 is 5.84. The van der Waals surface area contributed by atoms with Crippen molar-refractivity contribution in [1.82, 2.24) is 9.97 Å². The van der Waals surface area contributed by atoms with Crippen LogP contribution < -0.4 is 4.74 Å². The second-order valence-corrected chi connectivity index (χ2v) is 6.05. The molecule has 0 unspecified atom stereocenters. The fourth-order valence-electron chi connectivity index (χ4n) is 2.37. The van der Waals surface area contributed by atoms with Crippen LogP contribution in [0.1, 0.15) is 38.7 Å². The molecule has 22 heavy (non-hydrogen) atoms. The molecule has 7 heteroatoms. The van der Waals surface area contributed by atoms with Crippen molar-refractivity contribution in [2.24, 2.45) is 5.11 Å². The van der Waals surface area contributed by atoms with Crippen molar-refractivity contribution >= 4 is 22.4 Å². The molecule has 0 aromatic carbocycles. The van der Waals surface area contributed by atoms with E-state index in [-0.39, 0.29) is 6.10 Å². The van der Waals surface area contributed by atoms with Gasteiger partial charge in [-0.3, -0.25) is 0 Å². The molecule has 114 valence electrons. The van der Waals surface area contributed by atoms with Gasteiger partial charge < -0.3 is 4.74 Å². The van der Waals surface area contributed by atoms with Crippen LogP contribution in [-0.4, -0.2) is 16.1 Å². The van der Waals surface area contributed by atoms with Crippen molar-refractivity contribution in [3.8, 4) is 5.88 Å². The molecular weight excluding hydrogens is 302 g/mol. The van der Waals surface area contributed by atoms with Gasteiger partial charge in [0.25, 0.3) is 0 Å². The molecule has 1 saturated carbocycles. The van der Waals surface area contributed by atoms with E-state index in [1.54, 1.807) is 18.5 Å². The van der Waals surface area contributed by atoms with Crippen LogP contribution in [-0.2, 0) is 5.54 Å². The van der Waals surface area contributed by atoms with Crippen molar-refractivity contribution in [3.63, 3.8) is 0 Å². The maximum absolute atomic E-state index is 8.88. The highest BCUT2D eigenvalue weighted by Crippen LogP contribution is 2.38. The fraction of sp³-hybridized carbons (Fsp3) is 0.467. The number of rotatable bonds is 5. The van der Waals surface area contributed by atoms with Gasteiger partial charge in [0.15, 0.2) is 0 Å². The zero-order chi connectivity index (χ0) is 15.7. The van der Waals surface area contributed by atoms with Gasteiger partial charge in [-0.25, -0.2) is 9.97 Å². The Morgan fingerprint density at radius 2 is 2.18 bits per heavy atom. The number of hydrogen-bond acceptors (Lipinski definition) is 4. The molecule has 0 N–H and O–H groups in total. The number of pyridine rings is 2. The second kappa shape index (κ2) is 5.63. The number of halogens is 1. The van der Waals surface area contributed by atoms with Crippen LogP contribution in [0.3, 0.4) is 0 Å². The van der Waals surface area contributed by atoms with Gasteiger partial charge in [-0.2, -0.15) is 0 Å². The van der Waals surface area contributed by atoms with Gasteiger partial charge in [-0.15, -0.1) is 0 Å². The Hall–Kier alpha value is -2.04. The Morgan fingerprint density at radius 1 is 1.41 bits per heavy atom. The molecule has 1 aliphatic carbocycles. The summed E-state index contributed by atoms with van der Waals surface area (Å²) in [6, 6.07) is 1.77. The van der Waals surface area contributed by atoms with Crippen molar-refractivity contribution in [2.45, 2.75) is 44.8 Å². The highest BCUT2D eigenvalue weighted by molar-refractivity contribution is 6.30. The lowest BCUT2D eigenvalue weighted by Crippen LogP contribution is -2.18. The third-order valence-electron chi connectivity index (χ3n) is 4.04. The van der Waals surface area contributed by atoms with Gasteiger partial charge in [-0.05, 0) is 48.7 Å². The number of azide groups is 1. The van der Waals surface area contributed by atoms with E-state index in [1.165, 1.54) is 0 Å². The summed E-state index contributed by atoms with van der Waals surface area (Å²) in [5.41, 5.74) is 9.01. The van der Waals surface area contributed by atoms with Gasteiger partial charge in [0.1, 0.15) is 11.3 Å². The number of nitrogens with zero attached hydrogens (tertiary/aromatic N) is 5. The molecule has 6 nitrogen and oxygen atoms in total. The van der Waals surface area contributed by atoms with Crippen molar-refractivity contribution in [3.05, 3.63) is 39.6 Å². The second-order valence-electron chi connectivity index (χ2n) is 5.66. The molecule has 1 fully saturated rings. The summed E-state index contributed by atoms with van der Waals surface area (Å²) in [5, 5.41) is 6.01. The molecule has 0 amide bonds. The Balaban J connectivity index is 2.22. The maximum atomic E-state index is 8.88. The highest BCUT2D eigenvalue weighted by atomic mass is 35.5. The summed E-state index contributed by atoms with van der Waals surface area (Å²) in [5.74, 6) is 0.560. The molecule has 0 aliphatic heterocycles. The first-order valence-corrected chi connectivity index (χ1v) is 7.63. The average Bonchev–Trinajstić information content (AvgIpc) is 3.31. The van der Waals surface area contributed by atoms with E-state index in [0.717, 1.165) is 29.2 Å². The number of ether oxygens (including phenoxy) is 1. The predicted molar refractivity (Wildman–Crippen MR) is 85.0 cm³/mol. The zero-order valence-electron chi connectivity index (χ0n) is 12.5. The average molecular weight is 318 g/mol. The van der Waals surface area contributed by atoms with Crippen molar-refractivity contribution in [2.75, 3.05) is 0 Å². The molecule has 2 aromatic rings. The predicted octanol–water partition coefficient (Wildman–Crippen LogP) is 4.76. The SMILES string of the molecule is CC[C@](C)(N=[N+]=[N-])c1cnc(OC2CC2)c2cnc(Cl)cc12. The summed E-state index contributed by atoms with van der Waals surface area (Å²) in [4.78, 5) is 11.5. The molecule has 0 radical (unpaired) electrons. The third kappa shape index (κ3) is 2.67. The zero-order valence-corrected chi connectivity index (χ0v) is 13.2. The van der Waals surface area contributed by atoms with Crippen LogP contribution >= 0.6 is 11.6 Å². The molecule has 0 saturated heterocycles. The number of aromatic nitrogens is 2. The summed E-state index contributed by atoms with van der Waals surface area (Å²) in [6.07, 6.45) is 6.38. The Labute approximate surface area is 133 Å². The van der Waals surface area contributed by atoms with Gasteiger partial charge in [0.2, 0.25) is 5.88 Å². The molecule has 2 heterocycles. The van der Waals surface area contributed by atoms with E-state index in [2.05, 4.69) is 20.0 Å². The van der Waals surface area contributed by atoms with Gasteiger partial charge >= 0.3 is 0 Å². The Morgan fingerprint density at radius 3 is 2.82 bits per heavy atom. The first kappa shape index (κ1) is 14.9. The quantitative estimate of drug-likeness (QED) is 0.345. The van der Waals surface area contributed by atoms with Crippen LogP contribution in [0.15, 0.2) is 23.6 Å². The highest BCUT2D eigenvalue weighted by Gasteiger charge is 2.29. The van der Waals surface area contributed by atoms with Crippen LogP contribution in [0, 0.1) is 0 Å². The van der Waals surface area contributed by atoms with E-state index in [0.29, 0.717) is 17.5 Å². The lowest BCUT2D eigenvalue weighted by molar-refractivity contribution is 0.294. The van der Waals surface area contributed by atoms with Gasteiger partial charge in [0, 0.05) is 17.3 Å². The van der Waals surface area contributed by atoms with Crippen LogP contribution in [0.4, 0.5) is 0 Å². The smallest absolute Gasteiger partial charge is 0.223 e. The Kier molecular flexibility index (Phi) is 3.81. The van der Waals surface area contributed by atoms with Crippen molar-refractivity contribution in [1.29, 1.82) is 0 Å². The van der Waals surface area contributed by atoms with Crippen LogP contribution in [0.2, 0.25) is 5.15 Å². The standard InChI is InChI=1S/C15H16ClN5O/c1-3-15(2,20-21-17)12-8-19-14(22-9-4-5-9)11-7-18-13(16)6-10(11)12/h6-9H,3-5H2,1-2H3/t15-/m0/s1. The Bertz CT molecular complexity index is 770. The lowest BCUT2D eigenvalue weighted by Gasteiger charge is -2.24.